The molecule has 0 radical (unpaired) electrons. The minimum atomic E-state index is 0.367. The quantitative estimate of drug-likeness (QED) is 0.543. The molecule has 0 fully saturated rings. The molecule has 3 rings (SSSR count). The lowest BCUT2D eigenvalue weighted by Crippen LogP contribution is -2.32. The van der Waals surface area contributed by atoms with Crippen LogP contribution in [0.2, 0.25) is 0 Å². The highest BCUT2D eigenvalue weighted by Crippen LogP contribution is 2.39. The van der Waals surface area contributed by atoms with Crippen LogP contribution in [0.25, 0.3) is 22.0 Å². The van der Waals surface area contributed by atoms with Gasteiger partial charge in [0.15, 0.2) is 5.69 Å². The zero-order valence-corrected chi connectivity index (χ0v) is 14.5. The highest BCUT2D eigenvalue weighted by atomic mass is 16.5. The summed E-state index contributed by atoms with van der Waals surface area (Å²) < 4.78 is 11.8. The lowest BCUT2D eigenvalue weighted by Gasteiger charge is -2.15. The monoisotopic (exact) mass is 335 g/mol. The first-order valence-corrected chi connectivity index (χ1v) is 7.66. The third kappa shape index (κ3) is 2.60. The van der Waals surface area contributed by atoms with E-state index in [2.05, 4.69) is 11.1 Å². The second kappa shape index (κ2) is 6.29. The summed E-state index contributed by atoms with van der Waals surface area (Å²) in [6.45, 7) is 3.58. The number of aryl methyl sites for hydroxylation is 2. The molecule has 2 heterocycles. The van der Waals surface area contributed by atoms with Crippen LogP contribution < -0.4 is 14.2 Å². The normalized spacial score (nSPS) is 10.5. The molecule has 0 atom stereocenters. The van der Waals surface area contributed by atoms with Crippen molar-refractivity contribution in [2.24, 2.45) is 0 Å². The summed E-state index contributed by atoms with van der Waals surface area (Å²) in [5.41, 5.74) is 3.84. The maximum absolute atomic E-state index is 12.6. The van der Waals surface area contributed by atoms with E-state index in [0.717, 1.165) is 21.4 Å². The molecule has 6 heteroatoms. The average Bonchev–Trinajstić information content (AvgIpc) is 2.64. The van der Waals surface area contributed by atoms with Crippen LogP contribution in [0.15, 0.2) is 30.5 Å². The van der Waals surface area contributed by atoms with Gasteiger partial charge in [0.05, 0.1) is 25.9 Å². The summed E-state index contributed by atoms with van der Waals surface area (Å²) in [5, 5.41) is 22.3. The number of benzene rings is 1. The summed E-state index contributed by atoms with van der Waals surface area (Å²) in [5.74, 6) is 0.915. The third-order valence-corrected chi connectivity index (χ3v) is 4.16. The molecular weight excluding hydrogens is 318 g/mol. The number of ether oxygens (including phenoxy) is 2. The van der Waals surface area contributed by atoms with E-state index in [0.29, 0.717) is 33.8 Å². The van der Waals surface area contributed by atoms with Gasteiger partial charge in [-0.1, -0.05) is 0 Å². The standard InChI is InChI=1S/C19H17N3O3/c1-11-10-21-19(25-4)17-15(7-12(2)22(23)18(11)17)14-6-5-13(9-20)8-16(14)24-3/h5-8,10H,1-4H3. The number of fused-ring (bicyclic) bond motifs is 1. The molecule has 6 nitrogen and oxygen atoms in total. The van der Waals surface area contributed by atoms with Crippen molar-refractivity contribution in [1.29, 1.82) is 5.26 Å². The third-order valence-electron chi connectivity index (χ3n) is 4.16. The zero-order chi connectivity index (χ0) is 18.1. The maximum Gasteiger partial charge on any atom is 0.234 e. The molecule has 0 amide bonds. The van der Waals surface area contributed by atoms with Gasteiger partial charge in [-0.3, -0.25) is 0 Å². The predicted molar refractivity (Wildman–Crippen MR) is 93.4 cm³/mol. The SMILES string of the molecule is COc1cc(C#N)ccc1-c1cc(C)[n+]([O-])c2c(C)cnc(OC)c12. The first kappa shape index (κ1) is 16.5. The van der Waals surface area contributed by atoms with Gasteiger partial charge in [-0.15, -0.1) is 0 Å². The Morgan fingerprint density at radius 3 is 2.52 bits per heavy atom. The Kier molecular flexibility index (Phi) is 4.15. The molecule has 0 unspecified atom stereocenters. The molecule has 0 aliphatic carbocycles. The fourth-order valence-corrected chi connectivity index (χ4v) is 2.95. The van der Waals surface area contributed by atoms with Gasteiger partial charge in [0.1, 0.15) is 11.1 Å². The highest BCUT2D eigenvalue weighted by Gasteiger charge is 2.23. The van der Waals surface area contributed by atoms with Crippen LogP contribution in [-0.4, -0.2) is 19.2 Å². The van der Waals surface area contributed by atoms with Crippen molar-refractivity contribution >= 4 is 10.9 Å². The van der Waals surface area contributed by atoms with E-state index in [-0.39, 0.29) is 0 Å². The maximum atomic E-state index is 12.6. The second-order valence-corrected chi connectivity index (χ2v) is 5.69. The van der Waals surface area contributed by atoms with Crippen molar-refractivity contribution in [2.75, 3.05) is 14.2 Å². The molecule has 126 valence electrons. The van der Waals surface area contributed by atoms with Crippen molar-refractivity contribution < 1.29 is 14.2 Å². The van der Waals surface area contributed by atoms with Gasteiger partial charge in [-0.25, -0.2) is 4.98 Å². The average molecular weight is 335 g/mol. The minimum Gasteiger partial charge on any atom is -0.618 e. The fourth-order valence-electron chi connectivity index (χ4n) is 2.95. The lowest BCUT2D eigenvalue weighted by molar-refractivity contribution is -0.584. The van der Waals surface area contributed by atoms with Crippen LogP contribution in [0, 0.1) is 30.4 Å². The van der Waals surface area contributed by atoms with Crippen LogP contribution in [0.1, 0.15) is 16.8 Å². The molecule has 1 aromatic carbocycles. The Morgan fingerprint density at radius 2 is 1.88 bits per heavy atom. The van der Waals surface area contributed by atoms with Crippen LogP contribution >= 0.6 is 0 Å². The fraction of sp³-hybridized carbons (Fsp3) is 0.211. The minimum absolute atomic E-state index is 0.367. The number of rotatable bonds is 3. The predicted octanol–water partition coefficient (Wildman–Crippen LogP) is 3.04. The van der Waals surface area contributed by atoms with Crippen molar-refractivity contribution in [2.45, 2.75) is 13.8 Å². The van der Waals surface area contributed by atoms with E-state index >= 15 is 0 Å². The molecule has 0 saturated carbocycles. The van der Waals surface area contributed by atoms with Gasteiger partial charge < -0.3 is 14.7 Å². The van der Waals surface area contributed by atoms with E-state index in [4.69, 9.17) is 14.7 Å². The highest BCUT2D eigenvalue weighted by molar-refractivity contribution is 5.99. The van der Waals surface area contributed by atoms with E-state index in [1.165, 1.54) is 7.11 Å². The molecule has 0 aliphatic heterocycles. The van der Waals surface area contributed by atoms with Gasteiger partial charge in [0.2, 0.25) is 11.4 Å². The molecular formula is C19H17N3O3. The summed E-state index contributed by atoms with van der Waals surface area (Å²) >= 11 is 0. The lowest BCUT2D eigenvalue weighted by atomic mass is 9.97. The molecule has 0 saturated heterocycles. The van der Waals surface area contributed by atoms with Gasteiger partial charge >= 0.3 is 0 Å². The molecule has 2 aromatic heterocycles. The number of pyridine rings is 2. The number of hydrogen-bond acceptors (Lipinski definition) is 5. The molecule has 0 aliphatic rings. The van der Waals surface area contributed by atoms with Gasteiger partial charge in [0.25, 0.3) is 0 Å². The smallest absolute Gasteiger partial charge is 0.234 e. The van der Waals surface area contributed by atoms with Gasteiger partial charge in [-0.05, 0) is 25.1 Å². The number of nitrogens with zero attached hydrogens (tertiary/aromatic N) is 3. The number of hydrogen-bond donors (Lipinski definition) is 0. The Balaban J connectivity index is 2.48. The van der Waals surface area contributed by atoms with Crippen LogP contribution in [0.4, 0.5) is 0 Å². The summed E-state index contributed by atoms with van der Waals surface area (Å²) in [6.07, 6.45) is 1.62. The number of aromatic nitrogens is 2. The summed E-state index contributed by atoms with van der Waals surface area (Å²) in [7, 11) is 3.07. The number of nitriles is 1. The first-order valence-electron chi connectivity index (χ1n) is 7.66. The van der Waals surface area contributed by atoms with E-state index in [1.54, 1.807) is 38.4 Å². The topological polar surface area (TPSA) is 82.1 Å². The molecule has 0 N–H and O–H groups in total. The van der Waals surface area contributed by atoms with Gasteiger partial charge in [-0.2, -0.15) is 9.99 Å². The van der Waals surface area contributed by atoms with E-state index in [9.17, 15) is 5.21 Å². The van der Waals surface area contributed by atoms with E-state index in [1.807, 2.05) is 13.0 Å². The summed E-state index contributed by atoms with van der Waals surface area (Å²) in [4.78, 5) is 4.30. The van der Waals surface area contributed by atoms with Crippen LogP contribution in [-0.2, 0) is 0 Å². The van der Waals surface area contributed by atoms with Crippen molar-refractivity contribution in [3.63, 3.8) is 0 Å². The van der Waals surface area contributed by atoms with Gasteiger partial charge in [0, 0.05) is 35.9 Å². The van der Waals surface area contributed by atoms with Crippen molar-refractivity contribution in [3.05, 3.63) is 52.5 Å². The first-order chi connectivity index (χ1) is 12.0. The van der Waals surface area contributed by atoms with Crippen molar-refractivity contribution in [1.82, 2.24) is 4.98 Å². The molecule has 3 aromatic rings. The van der Waals surface area contributed by atoms with E-state index < -0.39 is 0 Å². The molecule has 25 heavy (non-hydrogen) atoms. The number of methoxy groups -OCH3 is 2. The Morgan fingerprint density at radius 1 is 1.12 bits per heavy atom. The summed E-state index contributed by atoms with van der Waals surface area (Å²) in [6, 6.07) is 9.07. The van der Waals surface area contributed by atoms with Crippen LogP contribution in [0.3, 0.4) is 0 Å². The van der Waals surface area contributed by atoms with Crippen LogP contribution in [0.5, 0.6) is 11.6 Å². The second-order valence-electron chi connectivity index (χ2n) is 5.69. The van der Waals surface area contributed by atoms with Crippen molar-refractivity contribution in [3.8, 4) is 28.8 Å². The molecule has 0 bridgehead atoms. The molecule has 0 spiro atoms. The Hall–Kier alpha value is -3.33. The Bertz CT molecular complexity index is 1020. The Labute approximate surface area is 145 Å². The largest absolute Gasteiger partial charge is 0.618 e. The zero-order valence-electron chi connectivity index (χ0n) is 14.5.